The quantitative estimate of drug-likeness (QED) is 0.607. The fourth-order valence-corrected chi connectivity index (χ4v) is 3.60. The van der Waals surface area contributed by atoms with E-state index in [4.69, 9.17) is 28.9 Å². The van der Waals surface area contributed by atoms with Gasteiger partial charge in [0.1, 0.15) is 11.3 Å². The lowest BCUT2D eigenvalue weighted by Crippen LogP contribution is -2.43. The predicted octanol–water partition coefficient (Wildman–Crippen LogP) is 1.63. The Labute approximate surface area is 163 Å². The van der Waals surface area contributed by atoms with Crippen molar-refractivity contribution < 1.29 is 9.90 Å². The maximum atomic E-state index is 12.5. The minimum Gasteiger partial charge on any atom is -0.508 e. The van der Waals surface area contributed by atoms with Crippen LogP contribution in [-0.4, -0.2) is 39.0 Å². The Morgan fingerprint density at radius 1 is 1.22 bits per heavy atom. The van der Waals surface area contributed by atoms with Gasteiger partial charge in [-0.15, -0.1) is 0 Å². The van der Waals surface area contributed by atoms with Gasteiger partial charge in [0, 0.05) is 37.0 Å². The van der Waals surface area contributed by atoms with Gasteiger partial charge >= 0.3 is 5.69 Å². The topological polar surface area (TPSA) is 132 Å². The van der Waals surface area contributed by atoms with Crippen molar-refractivity contribution in [3.63, 3.8) is 0 Å². The Bertz CT molecular complexity index is 980. The van der Waals surface area contributed by atoms with E-state index < -0.39 is 23.2 Å². The van der Waals surface area contributed by atoms with Crippen molar-refractivity contribution in [1.29, 1.82) is 0 Å². The van der Waals surface area contributed by atoms with Gasteiger partial charge in [0.25, 0.3) is 11.5 Å². The molecular weight excluding hydrogens is 395 g/mol. The summed E-state index contributed by atoms with van der Waals surface area (Å²) in [7, 11) is 0. The summed E-state index contributed by atoms with van der Waals surface area (Å²) in [5.74, 6) is -0.446. The predicted molar refractivity (Wildman–Crippen MR) is 101 cm³/mol. The second-order valence-electron chi connectivity index (χ2n) is 6.47. The number of carbonyl (C=O) groups excluding carboxylic acids is 1. The van der Waals surface area contributed by atoms with Gasteiger partial charge < -0.3 is 20.7 Å². The van der Waals surface area contributed by atoms with Gasteiger partial charge in [0.15, 0.2) is 0 Å². The first-order chi connectivity index (χ1) is 12.8. The summed E-state index contributed by atoms with van der Waals surface area (Å²) in [6, 6.07) is 2.45. The molecule has 10 heteroatoms. The summed E-state index contributed by atoms with van der Waals surface area (Å²) in [4.78, 5) is 41.2. The van der Waals surface area contributed by atoms with E-state index in [2.05, 4.69) is 4.98 Å². The summed E-state index contributed by atoms with van der Waals surface area (Å²) in [5.41, 5.74) is 5.31. The lowest BCUT2D eigenvalue weighted by Gasteiger charge is -2.35. The highest BCUT2D eigenvalue weighted by atomic mass is 35.5. The molecule has 0 saturated carbocycles. The number of hydrogen-bond donors (Lipinski definition) is 4. The van der Waals surface area contributed by atoms with Crippen molar-refractivity contribution in [2.75, 3.05) is 13.1 Å². The first kappa shape index (κ1) is 19.5. The zero-order chi connectivity index (χ0) is 19.7. The maximum Gasteiger partial charge on any atom is 0.325 e. The number of nitrogens with two attached hydrogens (primary N) is 1. The number of benzene rings is 1. The number of rotatable bonds is 3. The van der Waals surface area contributed by atoms with Crippen molar-refractivity contribution in [2.45, 2.75) is 18.9 Å². The van der Waals surface area contributed by atoms with Gasteiger partial charge in [-0.1, -0.05) is 23.2 Å². The van der Waals surface area contributed by atoms with E-state index >= 15 is 0 Å². The van der Waals surface area contributed by atoms with E-state index in [0.29, 0.717) is 36.5 Å². The van der Waals surface area contributed by atoms with Crippen LogP contribution in [0.1, 0.15) is 34.8 Å². The van der Waals surface area contributed by atoms with Crippen LogP contribution in [0.2, 0.25) is 10.0 Å². The first-order valence-corrected chi connectivity index (χ1v) is 9.08. The van der Waals surface area contributed by atoms with Crippen LogP contribution in [0.4, 0.5) is 0 Å². The summed E-state index contributed by atoms with van der Waals surface area (Å²) in [5, 5.41) is 10.7. The molecule has 1 aliphatic heterocycles. The molecule has 0 bridgehead atoms. The van der Waals surface area contributed by atoms with Crippen LogP contribution >= 0.6 is 23.2 Å². The van der Waals surface area contributed by atoms with Gasteiger partial charge in [0.2, 0.25) is 0 Å². The number of phenols is 1. The fourth-order valence-electron chi connectivity index (χ4n) is 3.27. The molecule has 0 aliphatic carbocycles. The van der Waals surface area contributed by atoms with Gasteiger partial charge in [0.05, 0.1) is 10.0 Å². The number of carbonyl (C=O) groups is 1. The number of aromatic hydroxyl groups is 1. The average molecular weight is 413 g/mol. The molecule has 1 fully saturated rings. The van der Waals surface area contributed by atoms with Crippen molar-refractivity contribution >= 4 is 29.1 Å². The highest BCUT2D eigenvalue weighted by Crippen LogP contribution is 2.37. The Kier molecular flexibility index (Phi) is 5.59. The van der Waals surface area contributed by atoms with Crippen molar-refractivity contribution in [3.8, 4) is 5.75 Å². The number of aromatic amines is 2. The molecule has 27 heavy (non-hydrogen) atoms. The summed E-state index contributed by atoms with van der Waals surface area (Å²) in [6.07, 6.45) is 2.30. The fraction of sp³-hybridized carbons (Fsp3) is 0.353. The molecule has 1 aromatic carbocycles. The number of hydrogen-bond acceptors (Lipinski definition) is 5. The molecule has 2 aromatic rings. The van der Waals surface area contributed by atoms with Gasteiger partial charge in [-0.05, 0) is 24.8 Å². The highest BCUT2D eigenvalue weighted by Gasteiger charge is 2.30. The van der Waals surface area contributed by atoms with E-state index in [9.17, 15) is 19.5 Å². The molecule has 1 atom stereocenters. The zero-order valence-corrected chi connectivity index (χ0v) is 15.7. The third-order valence-corrected chi connectivity index (χ3v) is 5.54. The van der Waals surface area contributed by atoms with E-state index in [1.165, 1.54) is 6.07 Å². The smallest absolute Gasteiger partial charge is 0.325 e. The second-order valence-corrected chi connectivity index (χ2v) is 7.28. The van der Waals surface area contributed by atoms with Crippen LogP contribution in [0.15, 0.2) is 27.9 Å². The lowest BCUT2D eigenvalue weighted by molar-refractivity contribution is 0.0675. The van der Waals surface area contributed by atoms with Gasteiger partial charge in [-0.25, -0.2) is 4.79 Å². The SMILES string of the molecule is N[C@@H](c1cc(Cl)c(Cl)cc1O)C1CCN(C(=O)c2c[nH]c(=O)[nH]c2=O)CC1. The highest BCUT2D eigenvalue weighted by molar-refractivity contribution is 6.42. The number of likely N-dealkylation sites (tertiary alicyclic amines) is 1. The van der Waals surface area contributed by atoms with Crippen molar-refractivity contribution in [3.05, 3.63) is 60.3 Å². The molecule has 0 unspecified atom stereocenters. The third kappa shape index (κ3) is 4.02. The zero-order valence-electron chi connectivity index (χ0n) is 14.2. The Morgan fingerprint density at radius 2 is 1.85 bits per heavy atom. The molecule has 1 aromatic heterocycles. The van der Waals surface area contributed by atoms with E-state index in [1.807, 2.05) is 4.98 Å². The molecule has 2 heterocycles. The van der Waals surface area contributed by atoms with E-state index in [-0.39, 0.29) is 22.3 Å². The first-order valence-electron chi connectivity index (χ1n) is 8.32. The van der Waals surface area contributed by atoms with Crippen molar-refractivity contribution in [2.24, 2.45) is 11.7 Å². The number of H-pyrrole nitrogens is 2. The molecule has 1 saturated heterocycles. The standard InChI is InChI=1S/C17H18Cl2N4O4/c18-11-5-9(13(24)6-12(11)19)14(20)8-1-3-23(4-2-8)16(26)10-7-21-17(27)22-15(10)25/h5-8,14,24H,1-4,20H2,(H2,21,22,25,27)/t14-/m1/s1. The molecule has 8 nitrogen and oxygen atoms in total. The number of amides is 1. The molecule has 0 radical (unpaired) electrons. The maximum absolute atomic E-state index is 12.5. The largest absolute Gasteiger partial charge is 0.508 e. The van der Waals surface area contributed by atoms with Crippen molar-refractivity contribution in [1.82, 2.24) is 14.9 Å². The monoisotopic (exact) mass is 412 g/mol. The second kappa shape index (κ2) is 7.75. The average Bonchev–Trinajstić information content (AvgIpc) is 2.64. The minimum atomic E-state index is -0.719. The van der Waals surface area contributed by atoms with Crippen LogP contribution in [0.5, 0.6) is 5.75 Å². The molecule has 1 amide bonds. The van der Waals surface area contributed by atoms with Crippen LogP contribution < -0.4 is 17.0 Å². The van der Waals surface area contributed by atoms with Crippen LogP contribution in [-0.2, 0) is 0 Å². The Hall–Kier alpha value is -2.29. The summed E-state index contributed by atoms with van der Waals surface area (Å²) < 4.78 is 0. The number of phenolic OH excluding ortho intramolecular Hbond substituents is 1. The normalized spacial score (nSPS) is 16.3. The molecule has 0 spiro atoms. The van der Waals surface area contributed by atoms with Gasteiger partial charge in [-0.3, -0.25) is 14.6 Å². The third-order valence-electron chi connectivity index (χ3n) is 4.81. The summed E-state index contributed by atoms with van der Waals surface area (Å²) >= 11 is 11.9. The molecule has 1 aliphatic rings. The lowest BCUT2D eigenvalue weighted by atomic mass is 9.85. The molecular formula is C17H18Cl2N4O4. The number of aromatic nitrogens is 2. The number of halogens is 2. The van der Waals surface area contributed by atoms with E-state index in [0.717, 1.165) is 6.20 Å². The Balaban J connectivity index is 1.70. The molecule has 5 N–H and O–H groups in total. The minimum absolute atomic E-state index is 0.0184. The molecule has 3 rings (SSSR count). The van der Waals surface area contributed by atoms with E-state index in [1.54, 1.807) is 11.0 Å². The Morgan fingerprint density at radius 3 is 2.48 bits per heavy atom. The number of piperidine rings is 1. The van der Waals surface area contributed by atoms with Crippen LogP contribution in [0, 0.1) is 5.92 Å². The number of nitrogens with zero attached hydrogens (tertiary/aromatic N) is 1. The number of nitrogens with one attached hydrogen (secondary N) is 2. The van der Waals surface area contributed by atoms with Gasteiger partial charge in [-0.2, -0.15) is 0 Å². The van der Waals surface area contributed by atoms with Crippen LogP contribution in [0.25, 0.3) is 0 Å². The van der Waals surface area contributed by atoms with Crippen LogP contribution in [0.3, 0.4) is 0 Å². The summed E-state index contributed by atoms with van der Waals surface area (Å²) in [6.45, 7) is 0.801. The molecule has 144 valence electrons.